The van der Waals surface area contributed by atoms with E-state index in [9.17, 15) is 9.59 Å². The van der Waals surface area contributed by atoms with Crippen LogP contribution in [0.25, 0.3) is 0 Å². The van der Waals surface area contributed by atoms with Gasteiger partial charge in [0.15, 0.2) is 5.16 Å². The summed E-state index contributed by atoms with van der Waals surface area (Å²) in [6.07, 6.45) is 0. The monoisotopic (exact) mass is 332 g/mol. The van der Waals surface area contributed by atoms with Crippen LogP contribution in [-0.4, -0.2) is 32.6 Å². The molecule has 0 fully saturated rings. The number of amides is 1. The van der Waals surface area contributed by atoms with E-state index in [4.69, 9.17) is 5.73 Å². The van der Waals surface area contributed by atoms with Gasteiger partial charge >= 0.3 is 0 Å². The van der Waals surface area contributed by atoms with Gasteiger partial charge in [-0.25, -0.2) is 4.98 Å². The Morgan fingerprint density at radius 1 is 1.35 bits per heavy atom. The molecule has 1 heterocycles. The predicted molar refractivity (Wildman–Crippen MR) is 92.1 cm³/mol. The minimum atomic E-state index is -0.322. The lowest BCUT2D eigenvalue weighted by molar-refractivity contribution is -0.130. The third-order valence-electron chi connectivity index (χ3n) is 3.21. The van der Waals surface area contributed by atoms with Crippen LogP contribution in [0.5, 0.6) is 0 Å². The quantitative estimate of drug-likeness (QED) is 0.622. The van der Waals surface area contributed by atoms with Gasteiger partial charge in [0.1, 0.15) is 5.82 Å². The van der Waals surface area contributed by atoms with Crippen molar-refractivity contribution in [2.75, 3.05) is 11.5 Å². The number of nitrogens with one attached hydrogen (secondary N) is 1. The number of hydrogen-bond donors (Lipinski definition) is 2. The highest BCUT2D eigenvalue weighted by molar-refractivity contribution is 7.99. The minimum absolute atomic E-state index is 0.0149. The molecule has 2 rings (SSSR count). The molecule has 0 spiro atoms. The van der Waals surface area contributed by atoms with Gasteiger partial charge in [-0.15, -0.1) is 0 Å². The summed E-state index contributed by atoms with van der Waals surface area (Å²) in [4.78, 5) is 32.2. The lowest BCUT2D eigenvalue weighted by Crippen LogP contribution is -2.37. The maximum atomic E-state index is 12.5. The highest BCUT2D eigenvalue weighted by Gasteiger charge is 2.18. The smallest absolute Gasteiger partial charge is 0.253 e. The van der Waals surface area contributed by atoms with E-state index >= 15 is 0 Å². The lowest BCUT2D eigenvalue weighted by Gasteiger charge is -2.26. The van der Waals surface area contributed by atoms with Crippen LogP contribution in [0.4, 0.5) is 5.82 Å². The van der Waals surface area contributed by atoms with Gasteiger partial charge in [0.25, 0.3) is 5.56 Å². The second kappa shape index (κ2) is 7.82. The fraction of sp³-hybridized carbons (Fsp3) is 0.312. The van der Waals surface area contributed by atoms with E-state index in [-0.39, 0.29) is 29.1 Å². The first-order valence-electron chi connectivity index (χ1n) is 7.28. The first kappa shape index (κ1) is 17.1. The topological polar surface area (TPSA) is 92.1 Å². The molecule has 0 unspecified atom stereocenters. The molecule has 23 heavy (non-hydrogen) atoms. The Bertz CT molecular complexity index is 716. The van der Waals surface area contributed by atoms with Crippen molar-refractivity contribution in [1.82, 2.24) is 14.9 Å². The van der Waals surface area contributed by atoms with Crippen molar-refractivity contribution in [3.05, 3.63) is 52.3 Å². The molecule has 0 aliphatic carbocycles. The first-order chi connectivity index (χ1) is 11.0. The highest BCUT2D eigenvalue weighted by Crippen LogP contribution is 2.15. The molecule has 0 aliphatic rings. The summed E-state index contributed by atoms with van der Waals surface area (Å²) < 4.78 is 0. The van der Waals surface area contributed by atoms with Crippen LogP contribution < -0.4 is 11.3 Å². The molecule has 0 radical (unpaired) electrons. The Kier molecular flexibility index (Phi) is 5.81. The van der Waals surface area contributed by atoms with Crippen LogP contribution in [0.1, 0.15) is 19.4 Å². The number of anilines is 1. The Balaban J connectivity index is 2.02. The predicted octanol–water partition coefficient (Wildman–Crippen LogP) is 1.88. The average Bonchev–Trinajstić information content (AvgIpc) is 2.50. The molecular weight excluding hydrogens is 312 g/mol. The third kappa shape index (κ3) is 5.14. The molecule has 2 aromatic rings. The zero-order valence-electron chi connectivity index (χ0n) is 13.2. The summed E-state index contributed by atoms with van der Waals surface area (Å²) in [5.41, 5.74) is 6.29. The van der Waals surface area contributed by atoms with E-state index in [1.165, 1.54) is 17.8 Å². The molecule has 0 bridgehead atoms. The lowest BCUT2D eigenvalue weighted by atomic mass is 10.2. The second-order valence-corrected chi connectivity index (χ2v) is 6.33. The Hall–Kier alpha value is -2.28. The highest BCUT2D eigenvalue weighted by atomic mass is 32.2. The van der Waals surface area contributed by atoms with Gasteiger partial charge in [-0.1, -0.05) is 42.1 Å². The third-order valence-corrected chi connectivity index (χ3v) is 4.07. The standard InChI is InChI=1S/C16H20N4O2S/c1-11(2)20(9-12-6-4-3-5-7-12)15(22)10-23-16-18-13(17)8-14(21)19-16/h3-8,11H,9-10H2,1-2H3,(H3,17,18,19,21). The fourth-order valence-corrected chi connectivity index (χ4v) is 2.84. The van der Waals surface area contributed by atoms with Crippen molar-refractivity contribution >= 4 is 23.5 Å². The average molecular weight is 332 g/mol. The van der Waals surface area contributed by atoms with E-state index in [1.54, 1.807) is 4.90 Å². The summed E-state index contributed by atoms with van der Waals surface area (Å²) in [5, 5.41) is 0.353. The molecule has 0 saturated carbocycles. The Morgan fingerprint density at radius 2 is 2.04 bits per heavy atom. The normalized spacial score (nSPS) is 10.7. The summed E-state index contributed by atoms with van der Waals surface area (Å²) in [6.45, 7) is 4.51. The number of nitrogens with two attached hydrogens (primary N) is 1. The summed E-state index contributed by atoms with van der Waals surface area (Å²) in [6, 6.07) is 11.1. The number of thioether (sulfide) groups is 1. The van der Waals surface area contributed by atoms with E-state index in [0.717, 1.165) is 5.56 Å². The number of H-pyrrole nitrogens is 1. The number of hydrogen-bond acceptors (Lipinski definition) is 5. The van der Waals surface area contributed by atoms with Gasteiger partial charge < -0.3 is 15.6 Å². The number of carbonyl (C=O) groups is 1. The van der Waals surface area contributed by atoms with Crippen molar-refractivity contribution in [1.29, 1.82) is 0 Å². The van der Waals surface area contributed by atoms with Gasteiger partial charge in [0.2, 0.25) is 5.91 Å². The zero-order chi connectivity index (χ0) is 16.8. The van der Waals surface area contributed by atoms with Crippen LogP contribution in [0.3, 0.4) is 0 Å². The number of nitrogens with zero attached hydrogens (tertiary/aromatic N) is 2. The summed E-state index contributed by atoms with van der Waals surface area (Å²) in [7, 11) is 0. The Labute approximate surface area is 139 Å². The molecular formula is C16H20N4O2S. The van der Waals surface area contributed by atoms with Crippen LogP contribution in [-0.2, 0) is 11.3 Å². The summed E-state index contributed by atoms with van der Waals surface area (Å²) in [5.74, 6) is 0.324. The van der Waals surface area contributed by atoms with Crippen LogP contribution in [0.2, 0.25) is 0 Å². The molecule has 6 nitrogen and oxygen atoms in total. The number of benzene rings is 1. The largest absolute Gasteiger partial charge is 0.383 e. The number of aromatic nitrogens is 2. The van der Waals surface area contributed by atoms with Gasteiger partial charge in [-0.3, -0.25) is 9.59 Å². The minimum Gasteiger partial charge on any atom is -0.383 e. The van der Waals surface area contributed by atoms with Crippen molar-refractivity contribution < 1.29 is 4.79 Å². The number of aromatic amines is 1. The molecule has 0 saturated heterocycles. The molecule has 3 N–H and O–H groups in total. The molecule has 1 aromatic carbocycles. The van der Waals surface area contributed by atoms with Crippen molar-refractivity contribution in [3.63, 3.8) is 0 Å². The van der Waals surface area contributed by atoms with E-state index in [2.05, 4.69) is 9.97 Å². The number of carbonyl (C=O) groups excluding carboxylic acids is 1. The SMILES string of the molecule is CC(C)N(Cc1ccccc1)C(=O)CSc1nc(N)cc(=O)[nH]1. The molecule has 122 valence electrons. The maximum absolute atomic E-state index is 12.5. The van der Waals surface area contributed by atoms with E-state index < -0.39 is 0 Å². The molecule has 1 aromatic heterocycles. The molecule has 7 heteroatoms. The van der Waals surface area contributed by atoms with Crippen LogP contribution in [0, 0.1) is 0 Å². The van der Waals surface area contributed by atoms with Gasteiger partial charge in [0, 0.05) is 18.7 Å². The van der Waals surface area contributed by atoms with Gasteiger partial charge in [0.05, 0.1) is 5.75 Å². The number of nitrogen functional groups attached to an aromatic ring is 1. The summed E-state index contributed by atoms with van der Waals surface area (Å²) >= 11 is 1.18. The first-order valence-corrected chi connectivity index (χ1v) is 8.27. The molecule has 1 amide bonds. The van der Waals surface area contributed by atoms with Crippen molar-refractivity contribution in [3.8, 4) is 0 Å². The van der Waals surface area contributed by atoms with Gasteiger partial charge in [-0.2, -0.15) is 0 Å². The second-order valence-electron chi connectivity index (χ2n) is 5.37. The number of rotatable bonds is 6. The van der Waals surface area contributed by atoms with Crippen LogP contribution in [0.15, 0.2) is 46.3 Å². The fourth-order valence-electron chi connectivity index (χ4n) is 2.07. The van der Waals surface area contributed by atoms with E-state index in [1.807, 2.05) is 44.2 Å². The molecule has 0 aliphatic heterocycles. The van der Waals surface area contributed by atoms with E-state index in [0.29, 0.717) is 11.7 Å². The van der Waals surface area contributed by atoms with Crippen LogP contribution >= 0.6 is 11.8 Å². The van der Waals surface area contributed by atoms with Crippen molar-refractivity contribution in [2.24, 2.45) is 0 Å². The Morgan fingerprint density at radius 3 is 2.65 bits per heavy atom. The van der Waals surface area contributed by atoms with Crippen molar-refractivity contribution in [2.45, 2.75) is 31.6 Å². The van der Waals surface area contributed by atoms with Gasteiger partial charge in [-0.05, 0) is 19.4 Å². The molecule has 0 atom stereocenters. The zero-order valence-corrected chi connectivity index (χ0v) is 14.0. The maximum Gasteiger partial charge on any atom is 0.253 e.